The molecule has 0 aromatic rings. The number of amides is 2. The first-order valence-electron chi connectivity index (χ1n) is 6.96. The second kappa shape index (κ2) is 7.99. The maximum atomic E-state index is 12.0. The fourth-order valence-corrected chi connectivity index (χ4v) is 2.30. The van der Waals surface area contributed by atoms with Gasteiger partial charge in [-0.1, -0.05) is 0 Å². The van der Waals surface area contributed by atoms with Crippen LogP contribution in [0.3, 0.4) is 0 Å². The second-order valence-electron chi connectivity index (χ2n) is 5.23. The molecule has 6 nitrogen and oxygen atoms in total. The third kappa shape index (κ3) is 5.92. The molecule has 0 saturated carbocycles. The predicted molar refractivity (Wildman–Crippen MR) is 73.1 cm³/mol. The van der Waals surface area contributed by atoms with Gasteiger partial charge in [-0.15, -0.1) is 0 Å². The van der Waals surface area contributed by atoms with Gasteiger partial charge in [-0.3, -0.25) is 4.79 Å². The molecule has 110 valence electrons. The van der Waals surface area contributed by atoms with Crippen molar-refractivity contribution in [2.24, 2.45) is 0 Å². The van der Waals surface area contributed by atoms with Crippen molar-refractivity contribution in [2.45, 2.75) is 51.1 Å². The van der Waals surface area contributed by atoms with Gasteiger partial charge in [-0.2, -0.15) is 0 Å². The number of piperidine rings is 1. The molecule has 0 aromatic heterocycles. The van der Waals surface area contributed by atoms with E-state index in [9.17, 15) is 9.59 Å². The van der Waals surface area contributed by atoms with Crippen molar-refractivity contribution in [3.05, 3.63) is 0 Å². The lowest BCUT2D eigenvalue weighted by molar-refractivity contribution is -0.137. The maximum absolute atomic E-state index is 12.0. The van der Waals surface area contributed by atoms with E-state index in [1.54, 1.807) is 4.90 Å². The van der Waals surface area contributed by atoms with Crippen molar-refractivity contribution in [2.75, 3.05) is 20.1 Å². The Hall–Kier alpha value is -1.30. The van der Waals surface area contributed by atoms with Crippen LogP contribution in [0.25, 0.3) is 0 Å². The maximum Gasteiger partial charge on any atom is 0.317 e. The molecular formula is C13H25N3O3. The standard InChI is InChI=1S/C13H25N3O3/c1-10(4-3-5-12(17)18)15-13(19)16(2)11-6-8-14-9-7-11/h10-11,14H,3-9H2,1-2H3,(H,15,19)(H,17,18). The topological polar surface area (TPSA) is 81.7 Å². The number of aliphatic carboxylic acids is 1. The summed E-state index contributed by atoms with van der Waals surface area (Å²) in [5.74, 6) is -0.787. The Morgan fingerprint density at radius 1 is 1.42 bits per heavy atom. The van der Waals surface area contributed by atoms with E-state index in [0.29, 0.717) is 18.9 Å². The van der Waals surface area contributed by atoms with E-state index < -0.39 is 5.97 Å². The average Bonchev–Trinajstić information content (AvgIpc) is 2.38. The summed E-state index contributed by atoms with van der Waals surface area (Å²) in [6.07, 6.45) is 3.41. The molecule has 0 spiro atoms. The van der Waals surface area contributed by atoms with E-state index in [1.165, 1.54) is 0 Å². The summed E-state index contributed by atoms with van der Waals surface area (Å²) in [5, 5.41) is 14.8. The molecule has 2 amide bonds. The van der Waals surface area contributed by atoms with Gasteiger partial charge in [-0.05, 0) is 45.7 Å². The first-order chi connectivity index (χ1) is 9.00. The number of urea groups is 1. The van der Waals surface area contributed by atoms with Crippen molar-refractivity contribution in [1.82, 2.24) is 15.5 Å². The van der Waals surface area contributed by atoms with E-state index in [2.05, 4.69) is 10.6 Å². The fraction of sp³-hybridized carbons (Fsp3) is 0.846. The molecule has 1 fully saturated rings. The molecular weight excluding hydrogens is 246 g/mol. The SMILES string of the molecule is CC(CCCC(=O)O)NC(=O)N(C)C1CCNCC1. The molecule has 0 aromatic carbocycles. The van der Waals surface area contributed by atoms with Crippen molar-refractivity contribution in [1.29, 1.82) is 0 Å². The van der Waals surface area contributed by atoms with Crippen molar-refractivity contribution < 1.29 is 14.7 Å². The van der Waals surface area contributed by atoms with Gasteiger partial charge >= 0.3 is 12.0 Å². The average molecular weight is 271 g/mol. The summed E-state index contributed by atoms with van der Waals surface area (Å²) in [6.45, 7) is 3.82. The van der Waals surface area contributed by atoms with Gasteiger partial charge in [0, 0.05) is 25.6 Å². The molecule has 1 unspecified atom stereocenters. The molecule has 3 N–H and O–H groups in total. The summed E-state index contributed by atoms with van der Waals surface area (Å²) in [5.41, 5.74) is 0. The van der Waals surface area contributed by atoms with Crippen molar-refractivity contribution >= 4 is 12.0 Å². The van der Waals surface area contributed by atoms with E-state index in [0.717, 1.165) is 25.9 Å². The Morgan fingerprint density at radius 2 is 2.05 bits per heavy atom. The van der Waals surface area contributed by atoms with Gasteiger partial charge < -0.3 is 20.6 Å². The first-order valence-corrected chi connectivity index (χ1v) is 6.96. The molecule has 0 aliphatic carbocycles. The Morgan fingerprint density at radius 3 is 2.63 bits per heavy atom. The van der Waals surface area contributed by atoms with E-state index in [4.69, 9.17) is 5.11 Å². The van der Waals surface area contributed by atoms with Gasteiger partial charge in [0.05, 0.1) is 0 Å². The van der Waals surface area contributed by atoms with Crippen molar-refractivity contribution in [3.8, 4) is 0 Å². The molecule has 1 saturated heterocycles. The molecule has 1 aliphatic heterocycles. The number of carboxylic acid groups (broad SMARTS) is 1. The number of carbonyl (C=O) groups is 2. The van der Waals surface area contributed by atoms with Crippen LogP contribution in [0.5, 0.6) is 0 Å². The molecule has 1 rings (SSSR count). The molecule has 0 radical (unpaired) electrons. The van der Waals surface area contributed by atoms with Gasteiger partial charge in [-0.25, -0.2) is 4.79 Å². The molecule has 6 heteroatoms. The minimum Gasteiger partial charge on any atom is -0.481 e. The third-order valence-electron chi connectivity index (χ3n) is 3.57. The van der Waals surface area contributed by atoms with Crippen molar-refractivity contribution in [3.63, 3.8) is 0 Å². The molecule has 19 heavy (non-hydrogen) atoms. The summed E-state index contributed by atoms with van der Waals surface area (Å²) < 4.78 is 0. The van der Waals surface area contributed by atoms with Gasteiger partial charge in [0.25, 0.3) is 0 Å². The van der Waals surface area contributed by atoms with Gasteiger partial charge in [0.15, 0.2) is 0 Å². The summed E-state index contributed by atoms with van der Waals surface area (Å²) in [4.78, 5) is 24.2. The lowest BCUT2D eigenvalue weighted by Crippen LogP contribution is -2.49. The Balaban J connectivity index is 2.26. The summed E-state index contributed by atoms with van der Waals surface area (Å²) in [7, 11) is 1.83. The zero-order chi connectivity index (χ0) is 14.3. The highest BCUT2D eigenvalue weighted by Gasteiger charge is 2.22. The zero-order valence-corrected chi connectivity index (χ0v) is 11.8. The largest absolute Gasteiger partial charge is 0.481 e. The van der Waals surface area contributed by atoms with Crippen LogP contribution in [0, 0.1) is 0 Å². The number of nitrogens with zero attached hydrogens (tertiary/aromatic N) is 1. The highest BCUT2D eigenvalue weighted by Crippen LogP contribution is 2.10. The van der Waals surface area contributed by atoms with E-state index in [-0.39, 0.29) is 18.5 Å². The lowest BCUT2D eigenvalue weighted by Gasteiger charge is -2.32. The lowest BCUT2D eigenvalue weighted by atomic mass is 10.1. The molecule has 1 aliphatic rings. The second-order valence-corrected chi connectivity index (χ2v) is 5.23. The number of nitrogens with one attached hydrogen (secondary N) is 2. The van der Waals surface area contributed by atoms with Crippen LogP contribution < -0.4 is 10.6 Å². The van der Waals surface area contributed by atoms with Crippen LogP contribution >= 0.6 is 0 Å². The van der Waals surface area contributed by atoms with Crippen LogP contribution in [0.4, 0.5) is 4.79 Å². The third-order valence-corrected chi connectivity index (χ3v) is 3.57. The first kappa shape index (κ1) is 15.8. The van der Waals surface area contributed by atoms with Crippen LogP contribution in [-0.4, -0.2) is 54.2 Å². The number of hydrogen-bond donors (Lipinski definition) is 3. The van der Waals surface area contributed by atoms with E-state index >= 15 is 0 Å². The zero-order valence-electron chi connectivity index (χ0n) is 11.8. The number of hydrogen-bond acceptors (Lipinski definition) is 3. The minimum absolute atomic E-state index is 0.0102. The van der Waals surface area contributed by atoms with Gasteiger partial charge in [0.1, 0.15) is 0 Å². The normalized spacial score (nSPS) is 17.8. The minimum atomic E-state index is -0.787. The van der Waals surface area contributed by atoms with Gasteiger partial charge in [0.2, 0.25) is 0 Å². The Bertz CT molecular complexity index is 304. The number of carboxylic acids is 1. The number of rotatable bonds is 6. The van der Waals surface area contributed by atoms with Crippen LogP contribution in [0.15, 0.2) is 0 Å². The van der Waals surface area contributed by atoms with Crippen LogP contribution in [0.2, 0.25) is 0 Å². The van der Waals surface area contributed by atoms with Crippen LogP contribution in [0.1, 0.15) is 39.0 Å². The molecule has 1 heterocycles. The smallest absolute Gasteiger partial charge is 0.317 e. The highest BCUT2D eigenvalue weighted by molar-refractivity contribution is 5.74. The fourth-order valence-electron chi connectivity index (χ4n) is 2.30. The summed E-state index contributed by atoms with van der Waals surface area (Å²) >= 11 is 0. The van der Waals surface area contributed by atoms with Crippen LogP contribution in [-0.2, 0) is 4.79 Å². The number of carbonyl (C=O) groups excluding carboxylic acids is 1. The summed E-state index contributed by atoms with van der Waals surface area (Å²) in [6, 6.07) is 0.248. The molecule has 1 atom stereocenters. The quantitative estimate of drug-likeness (QED) is 0.674. The highest BCUT2D eigenvalue weighted by atomic mass is 16.4. The Labute approximate surface area is 114 Å². The van der Waals surface area contributed by atoms with E-state index in [1.807, 2.05) is 14.0 Å². The molecule has 0 bridgehead atoms. The monoisotopic (exact) mass is 271 g/mol. The predicted octanol–water partition coefficient (Wildman–Crippen LogP) is 1.02. The Kier molecular flexibility index (Phi) is 6.62.